The second kappa shape index (κ2) is 2.22. The first-order chi connectivity index (χ1) is 4.43. The Bertz CT molecular complexity index is 216. The molecule has 0 aromatic carbocycles. The summed E-state index contributed by atoms with van der Waals surface area (Å²) in [7, 11) is -2.72. The van der Waals surface area contributed by atoms with Crippen LogP contribution in [0.1, 0.15) is 20.3 Å². The fourth-order valence-electron chi connectivity index (χ4n) is 1.38. The molecule has 60 valence electrons. The summed E-state index contributed by atoms with van der Waals surface area (Å²) in [5, 5.41) is -0.0208. The number of hydrogen-bond donors (Lipinski definition) is 0. The van der Waals surface area contributed by atoms with Crippen LogP contribution in [0.15, 0.2) is 0 Å². The number of sulfone groups is 1. The molecule has 0 saturated heterocycles. The summed E-state index contributed by atoms with van der Waals surface area (Å²) in [6.07, 6.45) is 2.22. The molecule has 2 atom stereocenters. The zero-order valence-corrected chi connectivity index (χ0v) is 7.48. The minimum atomic E-state index is -2.72. The van der Waals surface area contributed by atoms with E-state index in [-0.39, 0.29) is 5.25 Å². The molecule has 1 aliphatic rings. The molecule has 1 saturated carbocycles. The van der Waals surface area contributed by atoms with Crippen LogP contribution in [-0.2, 0) is 9.84 Å². The van der Waals surface area contributed by atoms with Gasteiger partial charge in [0.25, 0.3) is 0 Å². The predicted octanol–water partition coefficient (Wildman–Crippen LogP) is 1.08. The lowest BCUT2D eigenvalue weighted by Crippen LogP contribution is -2.08. The molecule has 0 spiro atoms. The third-order valence-electron chi connectivity index (χ3n) is 2.19. The molecular formula is C7H14O2S. The van der Waals surface area contributed by atoms with Gasteiger partial charge in [-0.05, 0) is 18.3 Å². The number of rotatable bonds is 2. The van der Waals surface area contributed by atoms with Gasteiger partial charge in [-0.15, -0.1) is 0 Å². The van der Waals surface area contributed by atoms with Gasteiger partial charge in [0.1, 0.15) is 0 Å². The average Bonchev–Trinajstić information content (AvgIpc) is 2.35. The minimum absolute atomic E-state index is 0.0208. The van der Waals surface area contributed by atoms with E-state index in [1.807, 2.05) is 0 Å². The number of hydrogen-bond acceptors (Lipinski definition) is 2. The van der Waals surface area contributed by atoms with Crippen LogP contribution >= 0.6 is 0 Å². The van der Waals surface area contributed by atoms with Crippen LogP contribution in [0.25, 0.3) is 0 Å². The van der Waals surface area contributed by atoms with Crippen LogP contribution in [0.3, 0.4) is 0 Å². The second-order valence-electron chi connectivity index (χ2n) is 3.51. The molecule has 1 fully saturated rings. The predicted molar refractivity (Wildman–Crippen MR) is 41.6 cm³/mol. The Morgan fingerprint density at radius 3 is 2.00 bits per heavy atom. The van der Waals surface area contributed by atoms with Crippen molar-refractivity contribution in [2.24, 2.45) is 11.8 Å². The van der Waals surface area contributed by atoms with Crippen molar-refractivity contribution in [2.45, 2.75) is 25.5 Å². The van der Waals surface area contributed by atoms with Gasteiger partial charge in [0.05, 0.1) is 5.25 Å². The first kappa shape index (κ1) is 8.05. The summed E-state index contributed by atoms with van der Waals surface area (Å²) >= 11 is 0. The van der Waals surface area contributed by atoms with Gasteiger partial charge in [0, 0.05) is 6.26 Å². The quantitative estimate of drug-likeness (QED) is 0.608. The lowest BCUT2D eigenvalue weighted by Gasteiger charge is -2.00. The van der Waals surface area contributed by atoms with Crippen molar-refractivity contribution in [2.75, 3.05) is 6.26 Å². The molecule has 0 bridgehead atoms. The molecule has 1 rings (SSSR count). The smallest absolute Gasteiger partial charge is 0.150 e. The van der Waals surface area contributed by atoms with Crippen LogP contribution < -0.4 is 0 Å². The lowest BCUT2D eigenvalue weighted by atomic mass is 10.1. The van der Waals surface area contributed by atoms with E-state index in [1.54, 1.807) is 0 Å². The fraction of sp³-hybridized carbons (Fsp3) is 1.00. The zero-order chi connectivity index (χ0) is 7.94. The van der Waals surface area contributed by atoms with Crippen molar-refractivity contribution in [1.29, 1.82) is 0 Å². The molecule has 1 aliphatic carbocycles. The van der Waals surface area contributed by atoms with Crippen LogP contribution in [-0.4, -0.2) is 19.9 Å². The van der Waals surface area contributed by atoms with Crippen molar-refractivity contribution in [3.63, 3.8) is 0 Å². The van der Waals surface area contributed by atoms with Crippen molar-refractivity contribution in [3.05, 3.63) is 0 Å². The summed E-state index contributed by atoms with van der Waals surface area (Å²) in [5.41, 5.74) is 0. The van der Waals surface area contributed by atoms with Crippen molar-refractivity contribution >= 4 is 9.84 Å². The molecular weight excluding hydrogens is 148 g/mol. The molecule has 0 aromatic heterocycles. The zero-order valence-electron chi connectivity index (χ0n) is 6.66. The Morgan fingerprint density at radius 1 is 1.40 bits per heavy atom. The summed E-state index contributed by atoms with van der Waals surface area (Å²) in [6.45, 7) is 4.16. The van der Waals surface area contributed by atoms with Gasteiger partial charge >= 0.3 is 0 Å². The first-order valence-electron chi connectivity index (χ1n) is 3.62. The minimum Gasteiger partial charge on any atom is -0.229 e. The van der Waals surface area contributed by atoms with Crippen LogP contribution in [0, 0.1) is 11.8 Å². The maximum atomic E-state index is 10.9. The maximum absolute atomic E-state index is 10.9. The van der Waals surface area contributed by atoms with Crippen LogP contribution in [0.5, 0.6) is 0 Å². The highest BCUT2D eigenvalue weighted by Crippen LogP contribution is 2.42. The van der Waals surface area contributed by atoms with Crippen LogP contribution in [0.4, 0.5) is 0 Å². The fourth-order valence-corrected chi connectivity index (χ4v) is 2.90. The second-order valence-corrected chi connectivity index (χ2v) is 5.78. The lowest BCUT2D eigenvalue weighted by molar-refractivity contribution is 0.551. The van der Waals surface area contributed by atoms with Gasteiger partial charge in [0.2, 0.25) is 0 Å². The summed E-state index contributed by atoms with van der Waals surface area (Å²) < 4.78 is 21.8. The average molecular weight is 162 g/mol. The Balaban J connectivity index is 2.55. The molecule has 0 amide bonds. The summed E-state index contributed by atoms with van der Waals surface area (Å²) in [4.78, 5) is 0. The Kier molecular flexibility index (Phi) is 1.79. The van der Waals surface area contributed by atoms with Gasteiger partial charge in [-0.1, -0.05) is 13.8 Å². The summed E-state index contributed by atoms with van der Waals surface area (Å²) in [5.74, 6) is 0.967. The molecule has 0 N–H and O–H groups in total. The van der Waals surface area contributed by atoms with Crippen LogP contribution in [0.2, 0.25) is 0 Å². The maximum Gasteiger partial charge on any atom is 0.150 e. The van der Waals surface area contributed by atoms with Gasteiger partial charge in [-0.3, -0.25) is 0 Å². The summed E-state index contributed by atoms with van der Waals surface area (Å²) in [6, 6.07) is 0. The van der Waals surface area contributed by atoms with Gasteiger partial charge in [0.15, 0.2) is 9.84 Å². The van der Waals surface area contributed by atoms with Crippen molar-refractivity contribution in [1.82, 2.24) is 0 Å². The topological polar surface area (TPSA) is 34.1 Å². The first-order valence-corrected chi connectivity index (χ1v) is 5.57. The van der Waals surface area contributed by atoms with Crippen molar-refractivity contribution in [3.8, 4) is 0 Å². The molecule has 10 heavy (non-hydrogen) atoms. The SMILES string of the molecule is CC(C)[C@H]1C[C@H]1S(C)(=O)=O. The molecule has 0 heterocycles. The third kappa shape index (κ3) is 1.51. The normalized spacial score (nSPS) is 32.8. The molecule has 2 nitrogen and oxygen atoms in total. The highest BCUT2D eigenvalue weighted by Gasteiger charge is 2.46. The van der Waals surface area contributed by atoms with E-state index in [0.717, 1.165) is 6.42 Å². The van der Waals surface area contributed by atoms with E-state index < -0.39 is 9.84 Å². The highest BCUT2D eigenvalue weighted by molar-refractivity contribution is 7.91. The Labute approximate surface area is 62.5 Å². The van der Waals surface area contributed by atoms with Gasteiger partial charge in [-0.2, -0.15) is 0 Å². The van der Waals surface area contributed by atoms with Gasteiger partial charge < -0.3 is 0 Å². The largest absolute Gasteiger partial charge is 0.229 e. The third-order valence-corrected chi connectivity index (χ3v) is 3.83. The van der Waals surface area contributed by atoms with Gasteiger partial charge in [-0.25, -0.2) is 8.42 Å². The van der Waals surface area contributed by atoms with Crippen molar-refractivity contribution < 1.29 is 8.42 Å². The highest BCUT2D eigenvalue weighted by atomic mass is 32.2. The Hall–Kier alpha value is -0.0500. The monoisotopic (exact) mass is 162 g/mol. The van der Waals surface area contributed by atoms with E-state index in [0.29, 0.717) is 11.8 Å². The molecule has 0 aliphatic heterocycles. The molecule has 3 heteroatoms. The molecule has 0 aromatic rings. The van der Waals surface area contributed by atoms with E-state index in [9.17, 15) is 8.42 Å². The van der Waals surface area contributed by atoms with E-state index in [1.165, 1.54) is 6.26 Å². The van der Waals surface area contributed by atoms with E-state index in [4.69, 9.17) is 0 Å². The Morgan fingerprint density at radius 2 is 1.90 bits per heavy atom. The standard InChI is InChI=1S/C7H14O2S/c1-5(2)6-4-7(6)10(3,8)9/h5-7H,4H2,1-3H3/t6-,7-/m1/s1. The van der Waals surface area contributed by atoms with E-state index in [2.05, 4.69) is 13.8 Å². The van der Waals surface area contributed by atoms with E-state index >= 15 is 0 Å². The molecule has 0 unspecified atom stereocenters. The molecule has 0 radical (unpaired) electrons.